The van der Waals surface area contributed by atoms with Crippen LogP contribution in [0.4, 0.5) is 4.39 Å². The Morgan fingerprint density at radius 2 is 2.27 bits per heavy atom. The van der Waals surface area contributed by atoms with Gasteiger partial charge in [-0.3, -0.25) is 0 Å². The van der Waals surface area contributed by atoms with Gasteiger partial charge in [0.2, 0.25) is 0 Å². The molecule has 3 atom stereocenters. The van der Waals surface area contributed by atoms with Crippen LogP contribution in [-0.2, 0) is 0 Å². The summed E-state index contributed by atoms with van der Waals surface area (Å²) in [4.78, 5) is 0. The van der Waals surface area contributed by atoms with Crippen molar-refractivity contribution < 1.29 is 9.50 Å². The van der Waals surface area contributed by atoms with Crippen LogP contribution in [0.25, 0.3) is 0 Å². The minimum atomic E-state index is -0.247. The lowest BCUT2D eigenvalue weighted by atomic mass is 9.66. The number of rotatable bonds is 2. The summed E-state index contributed by atoms with van der Waals surface area (Å²) in [7, 11) is 0. The Balaban J connectivity index is 2.23. The maximum Gasteiger partial charge on any atom is 0.127 e. The predicted molar refractivity (Wildman–Crippen MR) is 61.2 cm³/mol. The Labute approximate surface area is 97.4 Å². The van der Waals surface area contributed by atoms with Crippen LogP contribution < -0.4 is 0 Å². The van der Waals surface area contributed by atoms with Crippen LogP contribution in [0.3, 0.4) is 0 Å². The van der Waals surface area contributed by atoms with E-state index in [0.717, 1.165) is 16.5 Å². The molecule has 0 bridgehead atoms. The number of halogens is 2. The van der Waals surface area contributed by atoms with E-state index in [4.69, 9.17) is 0 Å². The summed E-state index contributed by atoms with van der Waals surface area (Å²) >= 11 is 3.24. The first-order valence-electron chi connectivity index (χ1n) is 5.26. The van der Waals surface area contributed by atoms with Crippen molar-refractivity contribution in [3.05, 3.63) is 34.1 Å². The molecule has 1 aromatic carbocycles. The van der Waals surface area contributed by atoms with Crippen LogP contribution in [0.5, 0.6) is 0 Å². The monoisotopic (exact) mass is 272 g/mol. The number of hydrogen-bond acceptors (Lipinski definition) is 1. The van der Waals surface area contributed by atoms with Gasteiger partial charge < -0.3 is 5.11 Å². The first-order valence-corrected chi connectivity index (χ1v) is 6.05. The van der Waals surface area contributed by atoms with E-state index in [1.54, 1.807) is 0 Å². The van der Waals surface area contributed by atoms with Gasteiger partial charge in [0.25, 0.3) is 0 Å². The smallest absolute Gasteiger partial charge is 0.127 e. The second kappa shape index (κ2) is 4.22. The van der Waals surface area contributed by atoms with Crippen molar-refractivity contribution in [1.82, 2.24) is 0 Å². The van der Waals surface area contributed by atoms with Crippen LogP contribution in [0.2, 0.25) is 0 Å². The standard InChI is InChI=1S/C12H14BrFO/c1-2-8-10(6-12(8)15)9-4-3-7(13)5-11(9)14/h3-5,8,10,12,15H,2,6H2,1H3. The maximum atomic E-state index is 13.6. The molecule has 1 nitrogen and oxygen atoms in total. The van der Waals surface area contributed by atoms with E-state index in [1.807, 2.05) is 19.1 Å². The third-order valence-corrected chi connectivity index (χ3v) is 3.83. The Kier molecular flexibility index (Phi) is 3.12. The number of aliphatic hydroxyl groups excluding tert-OH is 1. The maximum absolute atomic E-state index is 13.6. The zero-order chi connectivity index (χ0) is 11.0. The molecule has 3 unspecified atom stereocenters. The Morgan fingerprint density at radius 1 is 1.53 bits per heavy atom. The van der Waals surface area contributed by atoms with Crippen molar-refractivity contribution in [2.24, 2.45) is 5.92 Å². The quantitative estimate of drug-likeness (QED) is 0.874. The minimum Gasteiger partial charge on any atom is -0.393 e. The fourth-order valence-corrected chi connectivity index (χ4v) is 2.73. The Hall–Kier alpha value is -0.410. The highest BCUT2D eigenvalue weighted by Crippen LogP contribution is 2.45. The lowest BCUT2D eigenvalue weighted by molar-refractivity contribution is -0.00183. The van der Waals surface area contributed by atoms with E-state index in [0.29, 0.717) is 6.42 Å². The van der Waals surface area contributed by atoms with Crippen molar-refractivity contribution in [2.45, 2.75) is 31.8 Å². The topological polar surface area (TPSA) is 20.2 Å². The molecule has 0 aliphatic heterocycles. The highest BCUT2D eigenvalue weighted by atomic mass is 79.9. The van der Waals surface area contributed by atoms with E-state index in [9.17, 15) is 9.50 Å². The molecule has 1 aliphatic carbocycles. The molecule has 2 rings (SSSR count). The third-order valence-electron chi connectivity index (χ3n) is 3.34. The molecule has 1 fully saturated rings. The SMILES string of the molecule is CCC1C(O)CC1c1ccc(Br)cc1F. The van der Waals surface area contributed by atoms with Crippen molar-refractivity contribution in [3.63, 3.8) is 0 Å². The molecule has 0 heterocycles. The molecule has 0 spiro atoms. The van der Waals surface area contributed by atoms with Crippen molar-refractivity contribution in [1.29, 1.82) is 0 Å². The van der Waals surface area contributed by atoms with Crippen molar-refractivity contribution in [2.75, 3.05) is 0 Å². The predicted octanol–water partition coefficient (Wildman–Crippen LogP) is 3.46. The molecule has 0 amide bonds. The average molecular weight is 273 g/mol. The summed E-state index contributed by atoms with van der Waals surface area (Å²) in [6.45, 7) is 2.04. The van der Waals surface area contributed by atoms with Crippen LogP contribution in [0, 0.1) is 11.7 Å². The average Bonchev–Trinajstić information content (AvgIpc) is 2.16. The second-order valence-corrected chi connectivity index (χ2v) is 5.06. The fourth-order valence-electron chi connectivity index (χ4n) is 2.40. The molecule has 15 heavy (non-hydrogen) atoms. The van der Waals surface area contributed by atoms with Crippen LogP contribution >= 0.6 is 15.9 Å². The van der Waals surface area contributed by atoms with Gasteiger partial charge >= 0.3 is 0 Å². The van der Waals surface area contributed by atoms with Gasteiger partial charge in [-0.15, -0.1) is 0 Å². The first kappa shape index (κ1) is 11.1. The van der Waals surface area contributed by atoms with Crippen LogP contribution in [0.1, 0.15) is 31.2 Å². The number of aliphatic hydroxyl groups is 1. The van der Waals surface area contributed by atoms with Crippen molar-refractivity contribution >= 4 is 15.9 Å². The van der Waals surface area contributed by atoms with Crippen molar-refractivity contribution in [3.8, 4) is 0 Å². The largest absolute Gasteiger partial charge is 0.393 e. The molecule has 3 heteroatoms. The molecule has 82 valence electrons. The zero-order valence-corrected chi connectivity index (χ0v) is 10.2. The van der Waals surface area contributed by atoms with E-state index >= 15 is 0 Å². The molecule has 1 N–H and O–H groups in total. The lowest BCUT2D eigenvalue weighted by Gasteiger charge is -2.41. The molecular weight excluding hydrogens is 259 g/mol. The number of hydrogen-bond donors (Lipinski definition) is 1. The normalized spacial score (nSPS) is 30.0. The molecule has 0 saturated heterocycles. The molecular formula is C12H14BrFO. The van der Waals surface area contributed by atoms with E-state index in [2.05, 4.69) is 15.9 Å². The van der Waals surface area contributed by atoms with Gasteiger partial charge in [-0.1, -0.05) is 35.3 Å². The summed E-state index contributed by atoms with van der Waals surface area (Å²) in [6, 6.07) is 5.17. The highest BCUT2D eigenvalue weighted by Gasteiger charge is 2.40. The zero-order valence-electron chi connectivity index (χ0n) is 8.58. The number of benzene rings is 1. The van der Waals surface area contributed by atoms with Gasteiger partial charge in [0.1, 0.15) is 5.82 Å². The Morgan fingerprint density at radius 3 is 2.80 bits per heavy atom. The summed E-state index contributed by atoms with van der Waals surface area (Å²) in [5, 5.41) is 9.55. The lowest BCUT2D eigenvalue weighted by Crippen LogP contribution is -2.39. The molecule has 0 aromatic heterocycles. The minimum absolute atomic E-state index is 0.167. The van der Waals surface area contributed by atoms with Crippen LogP contribution in [0.15, 0.2) is 22.7 Å². The molecule has 0 radical (unpaired) electrons. The summed E-state index contributed by atoms with van der Waals surface area (Å²) in [5.74, 6) is 0.249. The van der Waals surface area contributed by atoms with Gasteiger partial charge in [0.05, 0.1) is 6.10 Å². The van der Waals surface area contributed by atoms with E-state index in [-0.39, 0.29) is 23.8 Å². The summed E-state index contributed by atoms with van der Waals surface area (Å²) in [5.41, 5.74) is 0.746. The Bertz CT molecular complexity index is 367. The molecule has 1 aliphatic rings. The highest BCUT2D eigenvalue weighted by molar-refractivity contribution is 9.10. The van der Waals surface area contributed by atoms with Gasteiger partial charge in [-0.25, -0.2) is 4.39 Å². The van der Waals surface area contributed by atoms with Gasteiger partial charge in [0, 0.05) is 4.47 Å². The second-order valence-electron chi connectivity index (χ2n) is 4.15. The fraction of sp³-hybridized carbons (Fsp3) is 0.500. The van der Waals surface area contributed by atoms with Gasteiger partial charge in [-0.2, -0.15) is 0 Å². The van der Waals surface area contributed by atoms with E-state index < -0.39 is 0 Å². The third kappa shape index (κ3) is 1.95. The summed E-state index contributed by atoms with van der Waals surface area (Å²) in [6.07, 6.45) is 1.35. The molecule has 1 saturated carbocycles. The van der Waals surface area contributed by atoms with Gasteiger partial charge in [-0.05, 0) is 36.0 Å². The van der Waals surface area contributed by atoms with Gasteiger partial charge in [0.15, 0.2) is 0 Å². The molecule has 1 aromatic rings. The van der Waals surface area contributed by atoms with E-state index in [1.165, 1.54) is 6.07 Å². The van der Waals surface area contributed by atoms with Crippen LogP contribution in [-0.4, -0.2) is 11.2 Å². The summed E-state index contributed by atoms with van der Waals surface area (Å²) < 4.78 is 14.4. The first-order chi connectivity index (χ1) is 7.13.